The second kappa shape index (κ2) is 4.68. The lowest BCUT2D eigenvalue weighted by atomic mass is 10.1. The van der Waals surface area contributed by atoms with E-state index >= 15 is 0 Å². The smallest absolute Gasteiger partial charge is 0.433 e. The summed E-state index contributed by atoms with van der Waals surface area (Å²) in [6.45, 7) is 1.76. The van der Waals surface area contributed by atoms with E-state index in [1.807, 2.05) is 0 Å². The maximum atomic E-state index is 13.8. The number of nitrogens with zero attached hydrogens (tertiary/aromatic N) is 1. The normalized spacial score (nSPS) is 11.9. The van der Waals surface area contributed by atoms with Gasteiger partial charge in [0.2, 0.25) is 0 Å². The number of hydrogen-bond acceptors (Lipinski definition) is 2. The van der Waals surface area contributed by atoms with Crippen LogP contribution in [0.2, 0.25) is 0 Å². The van der Waals surface area contributed by atoms with Crippen molar-refractivity contribution in [2.24, 2.45) is 0 Å². The Morgan fingerprint density at radius 2 is 1.95 bits per heavy atom. The monoisotopic (exact) mass is 273 g/mol. The van der Waals surface area contributed by atoms with Gasteiger partial charge in [-0.3, -0.25) is 0 Å². The third kappa shape index (κ3) is 2.34. The molecule has 0 radical (unpaired) electrons. The molecule has 0 aliphatic rings. The Morgan fingerprint density at radius 3 is 2.47 bits per heavy atom. The average Bonchev–Trinajstić information content (AvgIpc) is 2.37. The first kappa shape index (κ1) is 13.6. The number of pyridine rings is 1. The molecular weight excluding hydrogens is 262 g/mol. The van der Waals surface area contributed by atoms with E-state index in [-0.39, 0.29) is 16.7 Å². The van der Waals surface area contributed by atoms with Gasteiger partial charge in [-0.2, -0.15) is 13.2 Å². The summed E-state index contributed by atoms with van der Waals surface area (Å²) in [5.41, 5.74) is -0.549. The summed E-state index contributed by atoms with van der Waals surface area (Å²) in [6.07, 6.45) is -4.15. The minimum Gasteiger partial charge on any atom is -0.496 e. The maximum absolute atomic E-state index is 13.8. The summed E-state index contributed by atoms with van der Waals surface area (Å²) in [5.74, 6) is -0.810. The Labute approximate surface area is 107 Å². The summed E-state index contributed by atoms with van der Waals surface area (Å²) in [5, 5.41) is -0.0187. The van der Waals surface area contributed by atoms with E-state index in [1.54, 1.807) is 6.92 Å². The van der Waals surface area contributed by atoms with E-state index in [0.717, 1.165) is 0 Å². The van der Waals surface area contributed by atoms with Crippen molar-refractivity contribution < 1.29 is 22.3 Å². The van der Waals surface area contributed by atoms with Crippen LogP contribution >= 0.6 is 0 Å². The molecule has 0 bridgehead atoms. The van der Waals surface area contributed by atoms with Gasteiger partial charge in [-0.15, -0.1) is 0 Å². The molecule has 0 amide bonds. The van der Waals surface area contributed by atoms with Gasteiger partial charge < -0.3 is 4.74 Å². The van der Waals surface area contributed by atoms with Crippen molar-refractivity contribution in [3.63, 3.8) is 0 Å². The zero-order chi connectivity index (χ0) is 14.2. The van der Waals surface area contributed by atoms with E-state index in [1.165, 1.54) is 19.2 Å². The highest BCUT2D eigenvalue weighted by Crippen LogP contribution is 2.36. The summed E-state index contributed by atoms with van der Waals surface area (Å²) in [7, 11) is 1.20. The maximum Gasteiger partial charge on any atom is 0.433 e. The lowest BCUT2D eigenvalue weighted by Gasteiger charge is -2.13. The molecule has 0 unspecified atom stereocenters. The number of alkyl halides is 3. The number of halogens is 4. The van der Waals surface area contributed by atoms with E-state index in [2.05, 4.69) is 4.98 Å². The molecule has 19 heavy (non-hydrogen) atoms. The largest absolute Gasteiger partial charge is 0.496 e. The van der Waals surface area contributed by atoms with Gasteiger partial charge in [-0.25, -0.2) is 9.37 Å². The van der Waals surface area contributed by atoms with Crippen LogP contribution in [0.5, 0.6) is 5.75 Å². The van der Waals surface area contributed by atoms with Gasteiger partial charge in [0.05, 0.1) is 18.0 Å². The molecule has 1 heterocycles. The third-order valence-corrected chi connectivity index (χ3v) is 2.85. The Hall–Kier alpha value is -1.85. The SMILES string of the molecule is CCc1ccc(F)c2c(OC)cc(C(F)(F)F)nc12. The predicted octanol–water partition coefficient (Wildman–Crippen LogP) is 3.96. The van der Waals surface area contributed by atoms with E-state index in [4.69, 9.17) is 4.74 Å². The highest BCUT2D eigenvalue weighted by molar-refractivity contribution is 5.88. The molecule has 2 aromatic rings. The van der Waals surface area contributed by atoms with Crippen LogP contribution in [0.4, 0.5) is 17.6 Å². The second-order valence-corrected chi connectivity index (χ2v) is 3.99. The number of fused-ring (bicyclic) bond motifs is 1. The van der Waals surface area contributed by atoms with E-state index < -0.39 is 17.7 Å². The fraction of sp³-hybridized carbons (Fsp3) is 0.308. The summed E-state index contributed by atoms with van der Waals surface area (Å²) >= 11 is 0. The molecule has 1 aromatic carbocycles. The number of hydrogen-bond donors (Lipinski definition) is 0. The van der Waals surface area contributed by atoms with Crippen molar-refractivity contribution in [3.8, 4) is 5.75 Å². The van der Waals surface area contributed by atoms with Crippen molar-refractivity contribution in [2.75, 3.05) is 7.11 Å². The molecule has 0 atom stereocenters. The molecule has 1 aromatic heterocycles. The second-order valence-electron chi connectivity index (χ2n) is 3.99. The topological polar surface area (TPSA) is 22.1 Å². The zero-order valence-electron chi connectivity index (χ0n) is 10.3. The number of benzene rings is 1. The van der Waals surface area contributed by atoms with Crippen molar-refractivity contribution in [1.29, 1.82) is 0 Å². The minimum atomic E-state index is -4.60. The fourth-order valence-corrected chi connectivity index (χ4v) is 1.91. The van der Waals surface area contributed by atoms with Gasteiger partial charge >= 0.3 is 6.18 Å². The molecule has 2 rings (SSSR count). The molecule has 0 spiro atoms. The van der Waals surface area contributed by atoms with Crippen LogP contribution in [0.15, 0.2) is 18.2 Å². The minimum absolute atomic E-state index is 0.00539. The molecule has 0 saturated carbocycles. The molecule has 0 fully saturated rings. The van der Waals surface area contributed by atoms with Crippen LogP contribution in [0.25, 0.3) is 10.9 Å². The highest BCUT2D eigenvalue weighted by Gasteiger charge is 2.34. The van der Waals surface area contributed by atoms with Crippen molar-refractivity contribution in [2.45, 2.75) is 19.5 Å². The molecular formula is C13H11F4NO. The first-order valence-electron chi connectivity index (χ1n) is 5.61. The van der Waals surface area contributed by atoms with Gasteiger partial charge in [0.1, 0.15) is 17.3 Å². The first-order chi connectivity index (χ1) is 8.88. The van der Waals surface area contributed by atoms with Crippen molar-refractivity contribution in [1.82, 2.24) is 4.98 Å². The van der Waals surface area contributed by atoms with Crippen LogP contribution < -0.4 is 4.74 Å². The lowest BCUT2D eigenvalue weighted by molar-refractivity contribution is -0.141. The Morgan fingerprint density at radius 1 is 1.26 bits per heavy atom. The quantitative estimate of drug-likeness (QED) is 0.772. The average molecular weight is 273 g/mol. The van der Waals surface area contributed by atoms with Crippen LogP contribution in [-0.4, -0.2) is 12.1 Å². The summed E-state index contributed by atoms with van der Waals surface area (Å²) < 4.78 is 56.9. The molecule has 0 aliphatic heterocycles. The number of aromatic nitrogens is 1. The van der Waals surface area contributed by atoms with E-state index in [9.17, 15) is 17.6 Å². The Balaban J connectivity index is 2.88. The third-order valence-electron chi connectivity index (χ3n) is 2.85. The van der Waals surface area contributed by atoms with Crippen LogP contribution in [0, 0.1) is 5.82 Å². The summed E-state index contributed by atoms with van der Waals surface area (Å²) in [6, 6.07) is 3.35. The fourth-order valence-electron chi connectivity index (χ4n) is 1.91. The van der Waals surface area contributed by atoms with Crippen LogP contribution in [0.3, 0.4) is 0 Å². The lowest BCUT2D eigenvalue weighted by Crippen LogP contribution is -2.09. The molecule has 2 nitrogen and oxygen atoms in total. The number of rotatable bonds is 2. The number of ether oxygens (including phenoxy) is 1. The van der Waals surface area contributed by atoms with Gasteiger partial charge in [-0.1, -0.05) is 13.0 Å². The molecule has 6 heteroatoms. The molecule has 0 aliphatic carbocycles. The number of methoxy groups -OCH3 is 1. The van der Waals surface area contributed by atoms with Gasteiger partial charge in [-0.05, 0) is 18.1 Å². The molecule has 0 saturated heterocycles. The highest BCUT2D eigenvalue weighted by atomic mass is 19.4. The zero-order valence-corrected chi connectivity index (χ0v) is 10.3. The standard InChI is InChI=1S/C13H11F4NO/c1-3-7-4-5-8(14)11-9(19-2)6-10(13(15,16)17)18-12(7)11/h4-6H,3H2,1-2H3. The van der Waals surface area contributed by atoms with Crippen molar-refractivity contribution >= 4 is 10.9 Å². The van der Waals surface area contributed by atoms with Crippen molar-refractivity contribution in [3.05, 3.63) is 35.3 Å². The van der Waals surface area contributed by atoms with Gasteiger partial charge in [0.15, 0.2) is 0 Å². The van der Waals surface area contributed by atoms with Gasteiger partial charge in [0.25, 0.3) is 0 Å². The van der Waals surface area contributed by atoms with Crippen LogP contribution in [0.1, 0.15) is 18.2 Å². The predicted molar refractivity (Wildman–Crippen MR) is 62.6 cm³/mol. The molecule has 0 N–H and O–H groups in total. The Kier molecular flexibility index (Phi) is 3.34. The van der Waals surface area contributed by atoms with E-state index in [0.29, 0.717) is 18.1 Å². The first-order valence-corrected chi connectivity index (χ1v) is 5.61. The Bertz CT molecular complexity index is 622. The molecule has 102 valence electrons. The van der Waals surface area contributed by atoms with Gasteiger partial charge in [0, 0.05) is 6.07 Å². The van der Waals surface area contributed by atoms with Crippen LogP contribution in [-0.2, 0) is 12.6 Å². The summed E-state index contributed by atoms with van der Waals surface area (Å²) in [4.78, 5) is 3.54. The number of aryl methyl sites for hydroxylation is 1.